The standard InChI is InChI=1S/C16H20N2O4/c1-16(2,3)22-15(20)18-9-7-12-11(6-5-8-17-12)13(18)10-14(19)21-4/h5-6,8,10H,7,9H2,1-4H3/b13-10-. The van der Waals surface area contributed by atoms with Crippen molar-refractivity contribution in [3.63, 3.8) is 0 Å². The molecule has 2 rings (SSSR count). The van der Waals surface area contributed by atoms with E-state index in [1.165, 1.54) is 18.1 Å². The zero-order valence-corrected chi connectivity index (χ0v) is 13.3. The summed E-state index contributed by atoms with van der Waals surface area (Å²) in [5.74, 6) is -0.528. The van der Waals surface area contributed by atoms with Gasteiger partial charge in [0.15, 0.2) is 0 Å². The van der Waals surface area contributed by atoms with Crippen LogP contribution in [0.1, 0.15) is 32.0 Å². The Morgan fingerprint density at radius 2 is 2.09 bits per heavy atom. The Kier molecular flexibility index (Phi) is 4.49. The van der Waals surface area contributed by atoms with E-state index in [1.807, 2.05) is 6.07 Å². The lowest BCUT2D eigenvalue weighted by molar-refractivity contribution is -0.134. The van der Waals surface area contributed by atoms with Gasteiger partial charge >= 0.3 is 12.1 Å². The molecular formula is C16H20N2O4. The van der Waals surface area contributed by atoms with Crippen molar-refractivity contribution in [1.29, 1.82) is 0 Å². The summed E-state index contributed by atoms with van der Waals surface area (Å²) in [5, 5.41) is 0. The lowest BCUT2D eigenvalue weighted by Crippen LogP contribution is -2.39. The first-order chi connectivity index (χ1) is 10.3. The molecule has 0 unspecified atom stereocenters. The quantitative estimate of drug-likeness (QED) is 0.588. The Morgan fingerprint density at radius 1 is 1.36 bits per heavy atom. The predicted molar refractivity (Wildman–Crippen MR) is 80.9 cm³/mol. The number of aromatic nitrogens is 1. The minimum atomic E-state index is -0.608. The second-order valence-electron chi connectivity index (χ2n) is 5.93. The molecule has 22 heavy (non-hydrogen) atoms. The number of esters is 1. The SMILES string of the molecule is COC(=O)/C=C1/c2cccnc2CCN1C(=O)OC(C)(C)C. The molecule has 0 N–H and O–H groups in total. The lowest BCUT2D eigenvalue weighted by atomic mass is 10.0. The number of methoxy groups -OCH3 is 1. The van der Waals surface area contributed by atoms with Gasteiger partial charge in [0, 0.05) is 30.8 Å². The molecule has 1 aromatic rings. The second kappa shape index (κ2) is 6.17. The number of carbonyl (C=O) groups excluding carboxylic acids is 2. The number of amides is 1. The fraction of sp³-hybridized carbons (Fsp3) is 0.438. The summed E-state index contributed by atoms with van der Waals surface area (Å²) in [5.41, 5.74) is 1.43. The fourth-order valence-electron chi connectivity index (χ4n) is 2.19. The van der Waals surface area contributed by atoms with Crippen molar-refractivity contribution in [1.82, 2.24) is 9.88 Å². The molecule has 0 saturated carbocycles. The number of fused-ring (bicyclic) bond motifs is 1. The summed E-state index contributed by atoms with van der Waals surface area (Å²) in [6, 6.07) is 3.59. The highest BCUT2D eigenvalue weighted by Crippen LogP contribution is 2.29. The van der Waals surface area contributed by atoms with Crippen LogP contribution < -0.4 is 0 Å². The smallest absolute Gasteiger partial charge is 0.414 e. The highest BCUT2D eigenvalue weighted by molar-refractivity contribution is 5.95. The summed E-state index contributed by atoms with van der Waals surface area (Å²) in [4.78, 5) is 29.8. The molecule has 6 heteroatoms. The molecule has 1 aliphatic heterocycles. The molecule has 0 bridgehead atoms. The van der Waals surface area contributed by atoms with E-state index >= 15 is 0 Å². The van der Waals surface area contributed by atoms with Crippen LogP contribution >= 0.6 is 0 Å². The van der Waals surface area contributed by atoms with Crippen molar-refractivity contribution in [3.8, 4) is 0 Å². The zero-order valence-electron chi connectivity index (χ0n) is 13.3. The van der Waals surface area contributed by atoms with Gasteiger partial charge in [0.1, 0.15) is 5.60 Å². The Labute approximate surface area is 129 Å². The monoisotopic (exact) mass is 304 g/mol. The van der Waals surface area contributed by atoms with Gasteiger partial charge in [-0.05, 0) is 32.9 Å². The van der Waals surface area contributed by atoms with Gasteiger partial charge in [0.05, 0.1) is 18.5 Å². The molecule has 0 aromatic carbocycles. The molecule has 0 radical (unpaired) electrons. The Balaban J connectivity index is 2.40. The number of nitrogens with zero attached hydrogens (tertiary/aromatic N) is 2. The predicted octanol–water partition coefficient (Wildman–Crippen LogP) is 2.39. The third kappa shape index (κ3) is 3.63. The molecule has 0 saturated heterocycles. The Bertz CT molecular complexity index is 617. The maximum absolute atomic E-state index is 12.4. The zero-order chi connectivity index (χ0) is 16.3. The van der Waals surface area contributed by atoms with E-state index in [9.17, 15) is 9.59 Å². The van der Waals surface area contributed by atoms with Crippen LogP contribution in [0.2, 0.25) is 0 Å². The molecular weight excluding hydrogens is 284 g/mol. The van der Waals surface area contributed by atoms with Crippen LogP contribution in [-0.2, 0) is 20.7 Å². The highest BCUT2D eigenvalue weighted by atomic mass is 16.6. The maximum Gasteiger partial charge on any atom is 0.414 e. The minimum absolute atomic E-state index is 0.405. The van der Waals surface area contributed by atoms with Crippen molar-refractivity contribution in [2.45, 2.75) is 32.8 Å². The van der Waals surface area contributed by atoms with Crippen LogP contribution in [0.3, 0.4) is 0 Å². The van der Waals surface area contributed by atoms with Gasteiger partial charge in [0.25, 0.3) is 0 Å². The number of hydrogen-bond donors (Lipinski definition) is 0. The molecule has 0 fully saturated rings. The van der Waals surface area contributed by atoms with Crippen molar-refractivity contribution in [2.75, 3.05) is 13.7 Å². The van der Waals surface area contributed by atoms with E-state index in [0.29, 0.717) is 18.7 Å². The molecule has 118 valence electrons. The lowest BCUT2D eigenvalue weighted by Gasteiger charge is -2.32. The molecule has 0 atom stereocenters. The Hall–Kier alpha value is -2.37. The number of ether oxygens (including phenoxy) is 2. The van der Waals surface area contributed by atoms with Crippen LogP contribution in [0.4, 0.5) is 4.79 Å². The molecule has 1 amide bonds. The molecule has 1 aliphatic rings. The highest BCUT2D eigenvalue weighted by Gasteiger charge is 2.30. The maximum atomic E-state index is 12.4. The van der Waals surface area contributed by atoms with Gasteiger partial charge in [0.2, 0.25) is 0 Å². The average Bonchev–Trinajstić information content (AvgIpc) is 2.45. The van der Waals surface area contributed by atoms with E-state index in [0.717, 1.165) is 11.3 Å². The third-order valence-electron chi connectivity index (χ3n) is 3.10. The van der Waals surface area contributed by atoms with Crippen LogP contribution in [-0.4, -0.2) is 41.2 Å². The first-order valence-corrected chi connectivity index (χ1v) is 7.06. The number of pyridine rings is 1. The van der Waals surface area contributed by atoms with Gasteiger partial charge in [-0.1, -0.05) is 0 Å². The van der Waals surface area contributed by atoms with Crippen molar-refractivity contribution < 1.29 is 19.1 Å². The van der Waals surface area contributed by atoms with Crippen LogP contribution in [0.5, 0.6) is 0 Å². The average molecular weight is 304 g/mol. The fourth-order valence-corrected chi connectivity index (χ4v) is 2.19. The first-order valence-electron chi connectivity index (χ1n) is 7.06. The van der Waals surface area contributed by atoms with E-state index in [1.54, 1.807) is 33.0 Å². The normalized spacial score (nSPS) is 16.2. The van der Waals surface area contributed by atoms with Gasteiger partial charge in [-0.15, -0.1) is 0 Å². The summed E-state index contributed by atoms with van der Waals surface area (Å²) < 4.78 is 10.1. The largest absolute Gasteiger partial charge is 0.466 e. The molecule has 0 aliphatic carbocycles. The second-order valence-corrected chi connectivity index (χ2v) is 5.93. The van der Waals surface area contributed by atoms with Crippen molar-refractivity contribution >= 4 is 17.8 Å². The molecule has 6 nitrogen and oxygen atoms in total. The van der Waals surface area contributed by atoms with Crippen LogP contribution in [0.15, 0.2) is 24.4 Å². The molecule has 1 aromatic heterocycles. The summed E-state index contributed by atoms with van der Waals surface area (Å²) >= 11 is 0. The topological polar surface area (TPSA) is 68.7 Å². The van der Waals surface area contributed by atoms with Gasteiger partial charge < -0.3 is 9.47 Å². The Morgan fingerprint density at radius 3 is 2.73 bits per heavy atom. The summed E-state index contributed by atoms with van der Waals surface area (Å²) in [7, 11) is 1.30. The van der Waals surface area contributed by atoms with Crippen molar-refractivity contribution in [3.05, 3.63) is 35.7 Å². The van der Waals surface area contributed by atoms with E-state index < -0.39 is 17.7 Å². The van der Waals surface area contributed by atoms with Crippen LogP contribution in [0, 0.1) is 0 Å². The van der Waals surface area contributed by atoms with E-state index in [-0.39, 0.29) is 0 Å². The van der Waals surface area contributed by atoms with Gasteiger partial charge in [-0.2, -0.15) is 0 Å². The third-order valence-corrected chi connectivity index (χ3v) is 3.10. The van der Waals surface area contributed by atoms with E-state index in [4.69, 9.17) is 4.74 Å². The number of carbonyl (C=O) groups is 2. The van der Waals surface area contributed by atoms with Gasteiger partial charge in [-0.3, -0.25) is 9.88 Å². The molecule has 2 heterocycles. The number of rotatable bonds is 1. The number of hydrogen-bond acceptors (Lipinski definition) is 5. The summed E-state index contributed by atoms with van der Waals surface area (Å²) in [6.45, 7) is 5.80. The van der Waals surface area contributed by atoms with E-state index in [2.05, 4.69) is 9.72 Å². The summed E-state index contributed by atoms with van der Waals surface area (Å²) in [6.07, 6.45) is 3.10. The first kappa shape index (κ1) is 16.0. The minimum Gasteiger partial charge on any atom is -0.466 e. The van der Waals surface area contributed by atoms with Crippen molar-refractivity contribution in [2.24, 2.45) is 0 Å². The molecule has 0 spiro atoms. The van der Waals surface area contributed by atoms with Gasteiger partial charge in [-0.25, -0.2) is 9.59 Å². The van der Waals surface area contributed by atoms with Crippen LogP contribution in [0.25, 0.3) is 5.70 Å².